The predicted octanol–water partition coefficient (Wildman–Crippen LogP) is 2.63. The van der Waals surface area contributed by atoms with Crippen LogP contribution in [0.15, 0.2) is 16.6 Å². The standard InChI is InChI=1S/C18H30BrN3O2/c1-3-11-24-18-16(19)12-15(13-17(18)23-4-2)14-21-7-10-22-8-5-20-6-9-22/h12-13,20-21H,3-11,14H2,1-2H3. The van der Waals surface area contributed by atoms with E-state index in [4.69, 9.17) is 9.47 Å². The first-order chi connectivity index (χ1) is 11.7. The van der Waals surface area contributed by atoms with E-state index in [9.17, 15) is 0 Å². The second kappa shape index (κ2) is 10.9. The molecule has 1 aromatic carbocycles. The van der Waals surface area contributed by atoms with Gasteiger partial charge in [-0.05, 0) is 47.0 Å². The largest absolute Gasteiger partial charge is 0.490 e. The molecule has 0 radical (unpaired) electrons. The van der Waals surface area contributed by atoms with Gasteiger partial charge < -0.3 is 20.1 Å². The highest BCUT2D eigenvalue weighted by Crippen LogP contribution is 2.37. The van der Waals surface area contributed by atoms with E-state index < -0.39 is 0 Å². The fourth-order valence-electron chi connectivity index (χ4n) is 2.74. The van der Waals surface area contributed by atoms with Gasteiger partial charge in [0, 0.05) is 45.8 Å². The summed E-state index contributed by atoms with van der Waals surface area (Å²) in [6, 6.07) is 4.20. The molecule has 136 valence electrons. The highest BCUT2D eigenvalue weighted by atomic mass is 79.9. The number of hydrogen-bond donors (Lipinski definition) is 2. The molecular formula is C18H30BrN3O2. The quantitative estimate of drug-likeness (QED) is 0.592. The van der Waals surface area contributed by atoms with Gasteiger partial charge in [0.15, 0.2) is 11.5 Å². The van der Waals surface area contributed by atoms with Crippen molar-refractivity contribution in [1.82, 2.24) is 15.5 Å². The zero-order chi connectivity index (χ0) is 17.2. The molecule has 0 unspecified atom stereocenters. The Morgan fingerprint density at radius 1 is 1.21 bits per heavy atom. The van der Waals surface area contributed by atoms with Gasteiger partial charge in [0.25, 0.3) is 0 Å². The molecule has 1 aliphatic heterocycles. The third-order valence-corrected chi connectivity index (χ3v) is 4.55. The van der Waals surface area contributed by atoms with Crippen molar-refractivity contribution in [3.8, 4) is 11.5 Å². The number of benzene rings is 1. The molecule has 0 atom stereocenters. The molecule has 6 heteroatoms. The molecule has 1 heterocycles. The molecule has 1 aromatic rings. The maximum atomic E-state index is 5.82. The summed E-state index contributed by atoms with van der Waals surface area (Å²) in [5.74, 6) is 1.63. The minimum absolute atomic E-state index is 0.634. The molecule has 0 bridgehead atoms. The van der Waals surface area contributed by atoms with Gasteiger partial charge in [0.05, 0.1) is 17.7 Å². The number of halogens is 1. The average Bonchev–Trinajstić information content (AvgIpc) is 2.59. The van der Waals surface area contributed by atoms with E-state index in [0.29, 0.717) is 13.2 Å². The smallest absolute Gasteiger partial charge is 0.175 e. The summed E-state index contributed by atoms with van der Waals surface area (Å²) in [6.07, 6.45) is 0.979. The molecule has 0 aromatic heterocycles. The van der Waals surface area contributed by atoms with Crippen LogP contribution < -0.4 is 20.1 Å². The lowest BCUT2D eigenvalue weighted by molar-refractivity contribution is 0.241. The number of nitrogens with one attached hydrogen (secondary N) is 2. The topological polar surface area (TPSA) is 45.8 Å². The Hall–Kier alpha value is -0.820. The lowest BCUT2D eigenvalue weighted by atomic mass is 10.2. The highest BCUT2D eigenvalue weighted by Gasteiger charge is 2.12. The van der Waals surface area contributed by atoms with Crippen molar-refractivity contribution in [3.63, 3.8) is 0 Å². The van der Waals surface area contributed by atoms with E-state index in [0.717, 1.165) is 68.2 Å². The Morgan fingerprint density at radius 2 is 2.00 bits per heavy atom. The molecule has 0 spiro atoms. The number of rotatable bonds is 10. The third-order valence-electron chi connectivity index (χ3n) is 3.96. The number of hydrogen-bond acceptors (Lipinski definition) is 5. The maximum absolute atomic E-state index is 5.82. The van der Waals surface area contributed by atoms with Crippen molar-refractivity contribution < 1.29 is 9.47 Å². The highest BCUT2D eigenvalue weighted by molar-refractivity contribution is 9.10. The molecule has 1 fully saturated rings. The zero-order valence-electron chi connectivity index (χ0n) is 14.9. The summed E-state index contributed by atoms with van der Waals surface area (Å²) in [5, 5.41) is 6.91. The van der Waals surface area contributed by atoms with E-state index in [2.05, 4.69) is 50.5 Å². The predicted molar refractivity (Wildman–Crippen MR) is 102 cm³/mol. The van der Waals surface area contributed by atoms with Crippen molar-refractivity contribution in [1.29, 1.82) is 0 Å². The first kappa shape index (κ1) is 19.5. The molecule has 0 aliphatic carbocycles. The fourth-order valence-corrected chi connectivity index (χ4v) is 3.34. The van der Waals surface area contributed by atoms with Crippen LogP contribution in [0.25, 0.3) is 0 Å². The minimum atomic E-state index is 0.634. The Bertz CT molecular complexity index is 493. The second-order valence-electron chi connectivity index (χ2n) is 5.95. The van der Waals surface area contributed by atoms with Crippen LogP contribution in [0.5, 0.6) is 11.5 Å². The molecule has 0 amide bonds. The van der Waals surface area contributed by atoms with Gasteiger partial charge in [-0.3, -0.25) is 4.90 Å². The van der Waals surface area contributed by atoms with Crippen molar-refractivity contribution in [2.24, 2.45) is 0 Å². The van der Waals surface area contributed by atoms with Crippen LogP contribution in [0, 0.1) is 0 Å². The average molecular weight is 400 g/mol. The van der Waals surface area contributed by atoms with E-state index >= 15 is 0 Å². The SMILES string of the molecule is CCCOc1c(Br)cc(CNCCN2CCNCC2)cc1OCC. The van der Waals surface area contributed by atoms with Gasteiger partial charge in [-0.15, -0.1) is 0 Å². The molecule has 24 heavy (non-hydrogen) atoms. The second-order valence-corrected chi connectivity index (χ2v) is 6.81. The van der Waals surface area contributed by atoms with Crippen molar-refractivity contribution in [3.05, 3.63) is 22.2 Å². The third kappa shape index (κ3) is 6.24. The van der Waals surface area contributed by atoms with E-state index in [1.807, 2.05) is 6.92 Å². The lowest BCUT2D eigenvalue weighted by Gasteiger charge is -2.27. The minimum Gasteiger partial charge on any atom is -0.490 e. The molecule has 0 saturated carbocycles. The number of nitrogens with zero attached hydrogens (tertiary/aromatic N) is 1. The maximum Gasteiger partial charge on any atom is 0.175 e. The van der Waals surface area contributed by atoms with Gasteiger partial charge in [-0.1, -0.05) is 6.92 Å². The zero-order valence-corrected chi connectivity index (χ0v) is 16.5. The van der Waals surface area contributed by atoms with Gasteiger partial charge in [0.2, 0.25) is 0 Å². The van der Waals surface area contributed by atoms with Crippen LogP contribution in [-0.4, -0.2) is 57.4 Å². The van der Waals surface area contributed by atoms with E-state index in [1.54, 1.807) is 0 Å². The van der Waals surface area contributed by atoms with Gasteiger partial charge in [0.1, 0.15) is 0 Å². The fraction of sp³-hybridized carbons (Fsp3) is 0.667. The summed E-state index contributed by atoms with van der Waals surface area (Å²) in [6.45, 7) is 12.8. The Labute approximate surface area is 154 Å². The van der Waals surface area contributed by atoms with Crippen LogP contribution in [0.4, 0.5) is 0 Å². The summed E-state index contributed by atoms with van der Waals surface area (Å²) in [5.41, 5.74) is 1.20. The summed E-state index contributed by atoms with van der Waals surface area (Å²) < 4.78 is 12.5. The van der Waals surface area contributed by atoms with Crippen LogP contribution in [-0.2, 0) is 6.54 Å². The molecule has 2 rings (SSSR count). The summed E-state index contributed by atoms with van der Waals surface area (Å²) in [4.78, 5) is 2.49. The van der Waals surface area contributed by atoms with Crippen LogP contribution in [0.3, 0.4) is 0 Å². The normalized spacial score (nSPS) is 15.5. The van der Waals surface area contributed by atoms with E-state index in [-0.39, 0.29) is 0 Å². The Balaban J connectivity index is 1.87. The molecular weight excluding hydrogens is 370 g/mol. The Morgan fingerprint density at radius 3 is 2.71 bits per heavy atom. The van der Waals surface area contributed by atoms with Crippen molar-refractivity contribution in [2.75, 3.05) is 52.5 Å². The van der Waals surface area contributed by atoms with Gasteiger partial charge in [-0.2, -0.15) is 0 Å². The van der Waals surface area contributed by atoms with Gasteiger partial charge in [-0.25, -0.2) is 0 Å². The molecule has 1 aliphatic rings. The van der Waals surface area contributed by atoms with Crippen molar-refractivity contribution in [2.45, 2.75) is 26.8 Å². The number of piperazine rings is 1. The number of ether oxygens (including phenoxy) is 2. The summed E-state index contributed by atoms with van der Waals surface area (Å²) >= 11 is 3.62. The van der Waals surface area contributed by atoms with Crippen LogP contribution >= 0.6 is 15.9 Å². The van der Waals surface area contributed by atoms with Crippen molar-refractivity contribution >= 4 is 15.9 Å². The van der Waals surface area contributed by atoms with Crippen LogP contribution in [0.1, 0.15) is 25.8 Å². The first-order valence-electron chi connectivity index (χ1n) is 8.96. The molecule has 2 N–H and O–H groups in total. The van der Waals surface area contributed by atoms with E-state index in [1.165, 1.54) is 5.56 Å². The van der Waals surface area contributed by atoms with Crippen LogP contribution in [0.2, 0.25) is 0 Å². The van der Waals surface area contributed by atoms with Gasteiger partial charge >= 0.3 is 0 Å². The monoisotopic (exact) mass is 399 g/mol. The Kier molecular flexibility index (Phi) is 8.88. The summed E-state index contributed by atoms with van der Waals surface area (Å²) in [7, 11) is 0. The molecule has 5 nitrogen and oxygen atoms in total. The molecule has 1 saturated heterocycles. The first-order valence-corrected chi connectivity index (χ1v) is 9.75. The lowest BCUT2D eigenvalue weighted by Crippen LogP contribution is -2.45.